The second-order valence-electron chi connectivity index (χ2n) is 11.3. The minimum Gasteiger partial charge on any atom is -0.489 e. The van der Waals surface area contributed by atoms with Crippen molar-refractivity contribution in [3.8, 4) is 5.75 Å². The number of H-pyrrole nitrogens is 1. The third kappa shape index (κ3) is 4.30. The van der Waals surface area contributed by atoms with E-state index in [1.165, 1.54) is 16.2 Å². The van der Waals surface area contributed by atoms with Crippen molar-refractivity contribution in [2.75, 3.05) is 6.54 Å². The molecule has 7 rings (SSSR count). The van der Waals surface area contributed by atoms with Gasteiger partial charge in [0.15, 0.2) is 0 Å². The van der Waals surface area contributed by atoms with E-state index in [0.717, 1.165) is 43.2 Å². The Morgan fingerprint density at radius 3 is 2.63 bits per heavy atom. The molecule has 2 bridgehead atoms. The first kappa shape index (κ1) is 27.0. The van der Waals surface area contributed by atoms with Crippen molar-refractivity contribution >= 4 is 56.8 Å². The predicted molar refractivity (Wildman–Crippen MR) is 157 cm³/mol. The number of aliphatic carboxylic acids is 1. The minimum atomic E-state index is -1.03. The number of carboxylic acids is 1. The molecule has 2 aromatic carbocycles. The van der Waals surface area contributed by atoms with E-state index in [-0.39, 0.29) is 58.6 Å². The molecule has 7 atom stereocenters. The fourth-order valence-electron chi connectivity index (χ4n) is 7.68. The number of thiazole rings is 1. The minimum absolute atomic E-state index is 0.0196. The van der Waals surface area contributed by atoms with Crippen LogP contribution in [0.4, 0.5) is 0 Å². The molecule has 2 aliphatic heterocycles. The molecule has 6 unspecified atom stereocenters. The molecule has 8 nitrogen and oxygen atoms in total. The van der Waals surface area contributed by atoms with Crippen molar-refractivity contribution in [2.45, 2.75) is 42.6 Å². The fourth-order valence-corrected chi connectivity index (χ4v) is 10.9. The van der Waals surface area contributed by atoms with Gasteiger partial charge in [0.25, 0.3) is 0 Å². The molecule has 4 aliphatic rings. The number of rotatable bonds is 7. The van der Waals surface area contributed by atoms with E-state index in [9.17, 15) is 24.3 Å². The average molecular weight is 656 g/mol. The molecule has 3 heterocycles. The average Bonchev–Trinajstić information content (AvgIpc) is 3.66. The van der Waals surface area contributed by atoms with Crippen molar-refractivity contribution in [3.63, 3.8) is 0 Å². The van der Waals surface area contributed by atoms with Gasteiger partial charge in [0.05, 0.1) is 23.3 Å². The van der Waals surface area contributed by atoms with Crippen LogP contribution in [0.1, 0.15) is 40.3 Å². The van der Waals surface area contributed by atoms with Gasteiger partial charge in [-0.15, -0.1) is 11.8 Å². The molecule has 1 saturated heterocycles. The summed E-state index contributed by atoms with van der Waals surface area (Å²) in [5.74, 6) is -1.89. The third-order valence-electron chi connectivity index (χ3n) is 9.32. The van der Waals surface area contributed by atoms with Crippen LogP contribution in [0.2, 0.25) is 0 Å². The van der Waals surface area contributed by atoms with Crippen LogP contribution in [-0.4, -0.2) is 44.6 Å². The van der Waals surface area contributed by atoms with Crippen LogP contribution in [0.25, 0.3) is 0 Å². The Morgan fingerprint density at radius 2 is 1.88 bits per heavy atom. The summed E-state index contributed by atoms with van der Waals surface area (Å²) >= 11 is 6.49. The number of aromatic nitrogens is 1. The summed E-state index contributed by atoms with van der Waals surface area (Å²) in [5.41, 5.74) is 3.19. The number of aryl methyl sites for hydroxylation is 1. The smallest absolute Gasteiger partial charge is 0.305 e. The molecule has 2 amide bonds. The summed E-state index contributed by atoms with van der Waals surface area (Å²) in [6, 6.07) is 14.1. The van der Waals surface area contributed by atoms with E-state index in [1.54, 1.807) is 11.8 Å². The molecule has 2 aliphatic carbocycles. The maximum Gasteiger partial charge on any atom is 0.305 e. The van der Waals surface area contributed by atoms with Gasteiger partial charge in [0, 0.05) is 32.6 Å². The standard InChI is InChI=1S/C30H27BrN2O6S2/c1-13-4-2-3-5-14(13)12-39-19-7-6-15(31)10-16(19)21-22-17-11-18(25(22)40-27-26(21)41-30(38)32-27)24-23(17)28(36)33(29(24)37)9-8-20(34)35/h2-7,10,17-18,21-25H,8-9,11-12H2,1H3,(H,32,38)(H,34,35)/t17?,18?,21-,22?,23?,24?,25?/m1/s1. The van der Waals surface area contributed by atoms with Gasteiger partial charge >= 0.3 is 10.8 Å². The van der Waals surface area contributed by atoms with E-state index in [1.807, 2.05) is 30.3 Å². The highest BCUT2D eigenvalue weighted by atomic mass is 79.9. The molecule has 11 heteroatoms. The molecule has 3 aromatic rings. The Bertz CT molecular complexity index is 1650. The van der Waals surface area contributed by atoms with Crippen molar-refractivity contribution in [1.82, 2.24) is 9.88 Å². The number of hydrogen-bond acceptors (Lipinski definition) is 7. The number of aromatic amines is 1. The lowest BCUT2D eigenvalue weighted by Gasteiger charge is -2.43. The number of fused-ring (bicyclic) bond motifs is 9. The Labute approximate surface area is 252 Å². The highest BCUT2D eigenvalue weighted by Crippen LogP contribution is 2.69. The topological polar surface area (TPSA) is 117 Å². The van der Waals surface area contributed by atoms with Gasteiger partial charge in [-0.2, -0.15) is 0 Å². The second-order valence-corrected chi connectivity index (χ2v) is 14.4. The Morgan fingerprint density at radius 1 is 1.12 bits per heavy atom. The summed E-state index contributed by atoms with van der Waals surface area (Å²) < 4.78 is 7.35. The van der Waals surface area contributed by atoms with Crippen LogP contribution in [0.5, 0.6) is 5.75 Å². The maximum atomic E-state index is 13.6. The fraction of sp³-hybridized carbons (Fsp3) is 0.400. The Hall–Kier alpha value is -2.89. The number of nitrogens with zero attached hydrogens (tertiary/aromatic N) is 1. The molecule has 2 saturated carbocycles. The van der Waals surface area contributed by atoms with E-state index in [2.05, 4.69) is 40.0 Å². The summed E-state index contributed by atoms with van der Waals surface area (Å²) in [7, 11) is 0. The number of nitrogens with one attached hydrogen (secondary N) is 1. The number of carbonyl (C=O) groups is 3. The number of amides is 2. The number of thioether (sulfide) groups is 1. The molecule has 0 radical (unpaired) electrons. The zero-order valence-corrected chi connectivity index (χ0v) is 25.3. The first-order chi connectivity index (χ1) is 19.7. The lowest BCUT2D eigenvalue weighted by Crippen LogP contribution is -2.42. The highest BCUT2D eigenvalue weighted by molar-refractivity contribution is 9.10. The van der Waals surface area contributed by atoms with E-state index in [0.29, 0.717) is 6.61 Å². The first-order valence-electron chi connectivity index (χ1n) is 13.7. The van der Waals surface area contributed by atoms with Crippen LogP contribution in [-0.2, 0) is 21.0 Å². The summed E-state index contributed by atoms with van der Waals surface area (Å²) in [4.78, 5) is 56.0. The molecule has 0 spiro atoms. The van der Waals surface area contributed by atoms with Crippen LogP contribution >= 0.6 is 39.0 Å². The maximum absolute atomic E-state index is 13.6. The van der Waals surface area contributed by atoms with Gasteiger partial charge in [-0.25, -0.2) is 0 Å². The van der Waals surface area contributed by atoms with Gasteiger partial charge < -0.3 is 14.8 Å². The number of halogens is 1. The quantitative estimate of drug-likeness (QED) is 0.343. The largest absolute Gasteiger partial charge is 0.489 e. The monoisotopic (exact) mass is 654 g/mol. The van der Waals surface area contributed by atoms with Crippen molar-refractivity contribution in [1.29, 1.82) is 0 Å². The Balaban J connectivity index is 1.29. The van der Waals surface area contributed by atoms with Gasteiger partial charge in [-0.05, 0) is 60.4 Å². The van der Waals surface area contributed by atoms with Crippen LogP contribution in [0.3, 0.4) is 0 Å². The van der Waals surface area contributed by atoms with Crippen molar-refractivity contribution in [3.05, 3.63) is 78.2 Å². The van der Waals surface area contributed by atoms with Gasteiger partial charge in [0.1, 0.15) is 12.4 Å². The second kappa shape index (κ2) is 10.1. The van der Waals surface area contributed by atoms with E-state index >= 15 is 0 Å². The third-order valence-corrected chi connectivity index (χ3v) is 12.4. The van der Waals surface area contributed by atoms with Crippen LogP contribution in [0.15, 0.2) is 56.8 Å². The zero-order valence-electron chi connectivity index (χ0n) is 22.0. The van der Waals surface area contributed by atoms with Gasteiger partial charge in [-0.3, -0.25) is 24.1 Å². The van der Waals surface area contributed by atoms with Crippen molar-refractivity contribution < 1.29 is 24.2 Å². The molecule has 2 N–H and O–H groups in total. The summed E-state index contributed by atoms with van der Waals surface area (Å²) in [6.45, 7) is 2.36. The van der Waals surface area contributed by atoms with Gasteiger partial charge in [-0.1, -0.05) is 51.5 Å². The Kier molecular flexibility index (Phi) is 6.67. The number of likely N-dealkylation sites (tertiary alicyclic amines) is 1. The lowest BCUT2D eigenvalue weighted by molar-refractivity contribution is -0.142. The number of carbonyl (C=O) groups excluding carboxylic acids is 2. The van der Waals surface area contributed by atoms with E-state index in [4.69, 9.17) is 4.74 Å². The molecular weight excluding hydrogens is 628 g/mol. The first-order valence-corrected chi connectivity index (χ1v) is 16.1. The molecule has 3 fully saturated rings. The SMILES string of the molecule is Cc1ccccc1COc1ccc(Br)cc1[C@H]1c2sc(=O)[nH]c2SC2C3CC(C4C(=O)N(CCC(=O)O)C(=O)C34)C21. The number of hydrogen-bond donors (Lipinski definition) is 2. The summed E-state index contributed by atoms with van der Waals surface area (Å²) in [5, 5.41) is 10.1. The van der Waals surface area contributed by atoms with Gasteiger partial charge in [0.2, 0.25) is 11.8 Å². The van der Waals surface area contributed by atoms with Crippen LogP contribution in [0, 0.1) is 36.5 Å². The molecule has 1 aromatic heterocycles. The molecular formula is C30H27BrN2O6S2. The number of benzene rings is 2. The lowest BCUT2D eigenvalue weighted by atomic mass is 9.68. The number of imide groups is 1. The van der Waals surface area contributed by atoms with Crippen LogP contribution < -0.4 is 9.61 Å². The zero-order chi connectivity index (χ0) is 28.6. The highest BCUT2D eigenvalue weighted by Gasteiger charge is 2.69. The number of carboxylic acid groups (broad SMARTS) is 1. The van der Waals surface area contributed by atoms with E-state index < -0.39 is 17.8 Å². The summed E-state index contributed by atoms with van der Waals surface area (Å²) in [6.07, 6.45) is 0.514. The predicted octanol–water partition coefficient (Wildman–Crippen LogP) is 5.03. The molecule has 212 valence electrons. The van der Waals surface area contributed by atoms with Crippen molar-refractivity contribution in [2.24, 2.45) is 29.6 Å². The number of ether oxygens (including phenoxy) is 1. The normalized spacial score (nSPS) is 29.4. The molecule has 41 heavy (non-hydrogen) atoms.